The van der Waals surface area contributed by atoms with E-state index in [1.165, 1.54) is 45.1 Å². The smallest absolute Gasteiger partial charge is 0.0537 e. The number of hydrogen-bond acceptors (Lipinski definition) is 1. The molecule has 2 nitrogen and oxygen atoms in total. The van der Waals surface area contributed by atoms with Crippen LogP contribution in [0.2, 0.25) is 0 Å². The Hall–Kier alpha value is -2.61. The minimum Gasteiger partial charge on any atom is -0.316 e. The standard InChI is InChI=1S/C25H28N2/c1-18-16-21-20-11-8-12-22-24(20)27(23(21)17-19(18)10-9-14-26)15-7-5-4-6-13-25(22,2)3/h6-7,9-10,12-17,26H,4-5,8,11H2,1-3H3/b10-9-,13-6+,15-7+,26-14?. The third-order valence-corrected chi connectivity index (χ3v) is 5.85. The van der Waals surface area contributed by atoms with E-state index in [2.05, 4.69) is 68.0 Å². The summed E-state index contributed by atoms with van der Waals surface area (Å²) in [5, 5.41) is 8.68. The molecule has 1 aliphatic heterocycles. The molecule has 2 heteroatoms. The lowest BCUT2D eigenvalue weighted by Gasteiger charge is -2.29. The van der Waals surface area contributed by atoms with Crippen LogP contribution in [-0.4, -0.2) is 10.8 Å². The van der Waals surface area contributed by atoms with E-state index in [0.29, 0.717) is 0 Å². The molecule has 4 rings (SSSR count). The highest BCUT2D eigenvalue weighted by atomic mass is 15.0. The van der Waals surface area contributed by atoms with E-state index in [1.807, 2.05) is 6.08 Å². The van der Waals surface area contributed by atoms with Crippen molar-refractivity contribution in [1.29, 1.82) is 5.41 Å². The molecule has 2 heterocycles. The number of aromatic nitrogens is 1. The first kappa shape index (κ1) is 17.8. The summed E-state index contributed by atoms with van der Waals surface area (Å²) < 4.78 is 2.41. The van der Waals surface area contributed by atoms with Gasteiger partial charge in [-0.25, -0.2) is 0 Å². The van der Waals surface area contributed by atoms with Crippen LogP contribution in [-0.2, 0) is 6.42 Å². The number of aryl methyl sites for hydroxylation is 2. The summed E-state index contributed by atoms with van der Waals surface area (Å²) in [7, 11) is 0. The Labute approximate surface area is 162 Å². The first-order chi connectivity index (χ1) is 13.0. The fourth-order valence-electron chi connectivity index (χ4n) is 4.44. The van der Waals surface area contributed by atoms with Gasteiger partial charge in [0.25, 0.3) is 0 Å². The van der Waals surface area contributed by atoms with Gasteiger partial charge in [0.05, 0.1) is 11.2 Å². The summed E-state index contributed by atoms with van der Waals surface area (Å²) in [4.78, 5) is 0. The molecule has 0 spiro atoms. The predicted octanol–water partition coefficient (Wildman–Crippen LogP) is 6.79. The van der Waals surface area contributed by atoms with Gasteiger partial charge >= 0.3 is 0 Å². The second-order valence-corrected chi connectivity index (χ2v) is 8.19. The van der Waals surface area contributed by atoms with Crippen LogP contribution in [0.3, 0.4) is 0 Å². The average molecular weight is 357 g/mol. The van der Waals surface area contributed by atoms with Crippen molar-refractivity contribution in [2.24, 2.45) is 5.41 Å². The molecule has 0 radical (unpaired) electrons. The summed E-state index contributed by atoms with van der Waals surface area (Å²) in [6.45, 7) is 6.84. The molecule has 0 amide bonds. The van der Waals surface area contributed by atoms with E-state index < -0.39 is 0 Å². The highest BCUT2D eigenvalue weighted by Crippen LogP contribution is 2.45. The van der Waals surface area contributed by atoms with Crippen molar-refractivity contribution in [3.8, 4) is 0 Å². The van der Waals surface area contributed by atoms with Crippen molar-refractivity contribution in [3.05, 3.63) is 64.9 Å². The Morgan fingerprint density at radius 2 is 1.93 bits per heavy atom. The molecule has 27 heavy (non-hydrogen) atoms. The second-order valence-electron chi connectivity index (χ2n) is 8.19. The normalized spacial score (nSPS) is 20.9. The largest absolute Gasteiger partial charge is 0.316 e. The molecular weight excluding hydrogens is 328 g/mol. The monoisotopic (exact) mass is 356 g/mol. The molecular formula is C25H28N2. The van der Waals surface area contributed by atoms with Crippen molar-refractivity contribution in [2.45, 2.75) is 46.5 Å². The van der Waals surface area contributed by atoms with Gasteiger partial charge in [-0.05, 0) is 73.1 Å². The zero-order valence-electron chi connectivity index (χ0n) is 16.5. The number of rotatable bonds is 2. The summed E-state index contributed by atoms with van der Waals surface area (Å²) in [5.41, 5.74) is 8.08. The van der Waals surface area contributed by atoms with Crippen LogP contribution in [0.15, 0.2) is 42.5 Å². The number of nitrogens with one attached hydrogen (secondary N) is 1. The van der Waals surface area contributed by atoms with Crippen LogP contribution in [0.5, 0.6) is 0 Å². The first-order valence-electron chi connectivity index (χ1n) is 9.93. The molecule has 2 aromatic rings. The van der Waals surface area contributed by atoms with Gasteiger partial charge in [0.1, 0.15) is 0 Å². The maximum atomic E-state index is 7.31. The lowest BCUT2D eigenvalue weighted by atomic mass is 9.77. The topological polar surface area (TPSA) is 28.8 Å². The van der Waals surface area contributed by atoms with Gasteiger partial charge in [-0.2, -0.15) is 0 Å². The zero-order chi connectivity index (χ0) is 19.0. The van der Waals surface area contributed by atoms with Gasteiger partial charge < -0.3 is 9.98 Å². The second kappa shape index (κ2) is 6.84. The maximum absolute atomic E-state index is 7.31. The summed E-state index contributed by atoms with van der Waals surface area (Å²) in [6.07, 6.45) is 21.3. The van der Waals surface area contributed by atoms with E-state index in [0.717, 1.165) is 25.7 Å². The Kier molecular flexibility index (Phi) is 4.51. The summed E-state index contributed by atoms with van der Waals surface area (Å²) >= 11 is 0. The van der Waals surface area contributed by atoms with E-state index in [4.69, 9.17) is 5.41 Å². The van der Waals surface area contributed by atoms with E-state index in [9.17, 15) is 0 Å². The predicted molar refractivity (Wildman–Crippen MR) is 118 cm³/mol. The first-order valence-corrected chi connectivity index (χ1v) is 9.93. The number of fused-ring (bicyclic) bond motifs is 3. The quantitative estimate of drug-likeness (QED) is 0.453. The molecule has 138 valence electrons. The molecule has 0 unspecified atom stereocenters. The highest BCUT2D eigenvalue weighted by Gasteiger charge is 2.30. The lowest BCUT2D eigenvalue weighted by Crippen LogP contribution is -2.16. The third-order valence-electron chi connectivity index (χ3n) is 5.85. The minimum atomic E-state index is 0.0322. The van der Waals surface area contributed by atoms with Gasteiger partial charge in [0.15, 0.2) is 0 Å². The molecule has 0 saturated heterocycles. The van der Waals surface area contributed by atoms with Crippen LogP contribution in [0, 0.1) is 17.7 Å². The third kappa shape index (κ3) is 3.03. The molecule has 0 atom stereocenters. The number of nitrogens with zero attached hydrogens (tertiary/aromatic N) is 1. The van der Waals surface area contributed by atoms with Crippen LogP contribution in [0.1, 0.15) is 55.5 Å². The molecule has 0 saturated carbocycles. The van der Waals surface area contributed by atoms with Crippen molar-refractivity contribution >= 4 is 35.0 Å². The lowest BCUT2D eigenvalue weighted by molar-refractivity contribution is 0.633. The highest BCUT2D eigenvalue weighted by molar-refractivity contribution is 5.96. The van der Waals surface area contributed by atoms with Gasteiger partial charge in [0.2, 0.25) is 0 Å². The SMILES string of the molecule is Cc1cc2c3c4n(c2cc1/C=C\C=N)/C=C/CC/C=C/C(C)(C)C4=CCC3. The van der Waals surface area contributed by atoms with Gasteiger partial charge in [-0.15, -0.1) is 0 Å². The molecule has 1 aromatic heterocycles. The van der Waals surface area contributed by atoms with Gasteiger partial charge in [0, 0.05) is 23.2 Å². The molecule has 1 aliphatic carbocycles. The fraction of sp³-hybridized carbons (Fsp3) is 0.320. The minimum absolute atomic E-state index is 0.0322. The molecule has 0 bridgehead atoms. The summed E-state index contributed by atoms with van der Waals surface area (Å²) in [6, 6.07) is 4.63. The van der Waals surface area contributed by atoms with E-state index >= 15 is 0 Å². The Bertz CT molecular complexity index is 1020. The van der Waals surface area contributed by atoms with E-state index in [-0.39, 0.29) is 5.41 Å². The average Bonchev–Trinajstić information content (AvgIpc) is 2.95. The van der Waals surface area contributed by atoms with Crippen LogP contribution >= 0.6 is 0 Å². The van der Waals surface area contributed by atoms with Crippen molar-refractivity contribution in [1.82, 2.24) is 4.57 Å². The Balaban J connectivity index is 2.06. The van der Waals surface area contributed by atoms with Crippen LogP contribution in [0.4, 0.5) is 0 Å². The Morgan fingerprint density at radius 1 is 1.11 bits per heavy atom. The van der Waals surface area contributed by atoms with Gasteiger partial charge in [-0.3, -0.25) is 0 Å². The number of benzene rings is 1. The van der Waals surface area contributed by atoms with E-state index in [1.54, 1.807) is 6.08 Å². The van der Waals surface area contributed by atoms with Crippen LogP contribution < -0.4 is 0 Å². The van der Waals surface area contributed by atoms with Crippen LogP contribution in [0.25, 0.3) is 28.8 Å². The number of hydrogen-bond donors (Lipinski definition) is 1. The number of allylic oxidation sites excluding steroid dienone is 6. The molecule has 2 aliphatic rings. The molecule has 0 fully saturated rings. The fourth-order valence-corrected chi connectivity index (χ4v) is 4.44. The zero-order valence-corrected chi connectivity index (χ0v) is 16.5. The van der Waals surface area contributed by atoms with Crippen molar-refractivity contribution in [3.63, 3.8) is 0 Å². The van der Waals surface area contributed by atoms with Crippen molar-refractivity contribution in [2.75, 3.05) is 0 Å². The molecule has 1 aromatic carbocycles. The maximum Gasteiger partial charge on any atom is 0.0537 e. The molecule has 1 N–H and O–H groups in total. The summed E-state index contributed by atoms with van der Waals surface area (Å²) in [5.74, 6) is 0. The van der Waals surface area contributed by atoms with Crippen molar-refractivity contribution < 1.29 is 0 Å². The van der Waals surface area contributed by atoms with Gasteiger partial charge in [-0.1, -0.05) is 44.2 Å². The Morgan fingerprint density at radius 3 is 2.74 bits per heavy atom.